The molecule has 0 spiro atoms. The number of hydrogen-bond acceptors (Lipinski definition) is 1. The van der Waals surface area contributed by atoms with E-state index in [0.717, 1.165) is 32.4 Å². The Morgan fingerprint density at radius 1 is 1.43 bits per heavy atom. The van der Waals surface area contributed by atoms with Gasteiger partial charge in [-0.1, -0.05) is 25.5 Å². The van der Waals surface area contributed by atoms with E-state index in [2.05, 4.69) is 13.0 Å². The molecule has 0 aliphatic carbocycles. The molecule has 80 valence electrons. The molecule has 1 aliphatic rings. The fourth-order valence-corrected chi connectivity index (χ4v) is 1.74. The van der Waals surface area contributed by atoms with Crippen LogP contribution in [-0.2, 0) is 4.79 Å². The van der Waals surface area contributed by atoms with Gasteiger partial charge in [0.25, 0.3) is 0 Å². The first kappa shape index (κ1) is 11.3. The third-order valence-electron chi connectivity index (χ3n) is 2.71. The topological polar surface area (TPSA) is 20.3 Å². The highest BCUT2D eigenvalue weighted by molar-refractivity contribution is 5.78. The molecule has 0 radical (unpaired) electrons. The summed E-state index contributed by atoms with van der Waals surface area (Å²) < 4.78 is 0. The lowest BCUT2D eigenvalue weighted by atomic mass is 10.1. The minimum absolute atomic E-state index is 0.138. The molecule has 2 nitrogen and oxygen atoms in total. The molecule has 0 unspecified atom stereocenters. The SMILES string of the molecule is C/C1=C/CCCN(C(=O)C(C)C)CC1. The van der Waals surface area contributed by atoms with Crippen LogP contribution in [0.2, 0.25) is 0 Å². The van der Waals surface area contributed by atoms with Crippen molar-refractivity contribution in [1.29, 1.82) is 0 Å². The summed E-state index contributed by atoms with van der Waals surface area (Å²) in [5.41, 5.74) is 1.42. The van der Waals surface area contributed by atoms with Crippen molar-refractivity contribution in [3.8, 4) is 0 Å². The second kappa shape index (κ2) is 5.18. The van der Waals surface area contributed by atoms with Crippen molar-refractivity contribution in [3.63, 3.8) is 0 Å². The molecule has 14 heavy (non-hydrogen) atoms. The molecule has 0 fully saturated rings. The molecule has 0 saturated carbocycles. The van der Waals surface area contributed by atoms with E-state index in [1.165, 1.54) is 5.57 Å². The zero-order valence-electron chi connectivity index (χ0n) is 9.55. The van der Waals surface area contributed by atoms with Gasteiger partial charge in [0.1, 0.15) is 0 Å². The fourth-order valence-electron chi connectivity index (χ4n) is 1.74. The lowest BCUT2D eigenvalue weighted by molar-refractivity contribution is -0.134. The Morgan fingerprint density at radius 2 is 2.14 bits per heavy atom. The number of rotatable bonds is 1. The van der Waals surface area contributed by atoms with Crippen LogP contribution < -0.4 is 0 Å². The normalized spacial score (nSPS) is 22.6. The van der Waals surface area contributed by atoms with Crippen molar-refractivity contribution < 1.29 is 4.79 Å². The Hall–Kier alpha value is -0.790. The second-order valence-corrected chi connectivity index (χ2v) is 4.42. The average Bonchev–Trinajstić information content (AvgIpc) is 2.11. The fraction of sp³-hybridized carbons (Fsp3) is 0.750. The van der Waals surface area contributed by atoms with E-state index >= 15 is 0 Å². The molecule has 0 N–H and O–H groups in total. The largest absolute Gasteiger partial charge is 0.342 e. The van der Waals surface area contributed by atoms with E-state index in [9.17, 15) is 4.79 Å². The Labute approximate surface area is 87.0 Å². The summed E-state index contributed by atoms with van der Waals surface area (Å²) in [5, 5.41) is 0. The van der Waals surface area contributed by atoms with Gasteiger partial charge in [0, 0.05) is 19.0 Å². The highest BCUT2D eigenvalue weighted by Crippen LogP contribution is 2.12. The van der Waals surface area contributed by atoms with Gasteiger partial charge in [0.2, 0.25) is 5.91 Å². The van der Waals surface area contributed by atoms with Crippen molar-refractivity contribution in [2.24, 2.45) is 5.92 Å². The van der Waals surface area contributed by atoms with Gasteiger partial charge in [-0.25, -0.2) is 0 Å². The summed E-state index contributed by atoms with van der Waals surface area (Å²) in [6, 6.07) is 0. The van der Waals surface area contributed by atoms with Crippen LogP contribution >= 0.6 is 0 Å². The standard InChI is InChI=1S/C12H21NO/c1-10(2)12(14)13-8-5-4-6-11(3)7-9-13/h6,10H,4-5,7-9H2,1-3H3/b11-6-. The molecular formula is C12H21NO. The van der Waals surface area contributed by atoms with Gasteiger partial charge in [0.15, 0.2) is 0 Å². The van der Waals surface area contributed by atoms with Crippen LogP contribution in [0.4, 0.5) is 0 Å². The van der Waals surface area contributed by atoms with Gasteiger partial charge in [-0.2, -0.15) is 0 Å². The van der Waals surface area contributed by atoms with Crippen LogP contribution in [0.1, 0.15) is 40.0 Å². The number of hydrogen-bond donors (Lipinski definition) is 0. The van der Waals surface area contributed by atoms with E-state index in [-0.39, 0.29) is 5.92 Å². The maximum Gasteiger partial charge on any atom is 0.225 e. The molecule has 2 heteroatoms. The summed E-state index contributed by atoms with van der Waals surface area (Å²) in [6.45, 7) is 7.94. The van der Waals surface area contributed by atoms with Crippen LogP contribution in [0.25, 0.3) is 0 Å². The maximum absolute atomic E-state index is 11.8. The lowest BCUT2D eigenvalue weighted by Gasteiger charge is -2.26. The monoisotopic (exact) mass is 195 g/mol. The summed E-state index contributed by atoms with van der Waals surface area (Å²) in [7, 11) is 0. The van der Waals surface area contributed by atoms with Crippen LogP contribution in [-0.4, -0.2) is 23.9 Å². The van der Waals surface area contributed by atoms with Crippen LogP contribution in [0, 0.1) is 5.92 Å². The summed E-state index contributed by atoms with van der Waals surface area (Å²) >= 11 is 0. The average molecular weight is 195 g/mol. The first-order chi connectivity index (χ1) is 6.61. The Balaban J connectivity index is 2.54. The van der Waals surface area contributed by atoms with E-state index in [1.807, 2.05) is 18.7 Å². The zero-order valence-corrected chi connectivity index (χ0v) is 9.55. The third-order valence-corrected chi connectivity index (χ3v) is 2.71. The van der Waals surface area contributed by atoms with Crippen LogP contribution in [0.3, 0.4) is 0 Å². The van der Waals surface area contributed by atoms with E-state index in [0.29, 0.717) is 5.91 Å². The Morgan fingerprint density at radius 3 is 2.79 bits per heavy atom. The minimum Gasteiger partial charge on any atom is -0.342 e. The van der Waals surface area contributed by atoms with Crippen molar-refractivity contribution in [2.75, 3.05) is 13.1 Å². The van der Waals surface area contributed by atoms with E-state index in [1.54, 1.807) is 0 Å². The molecule has 0 saturated heterocycles. The number of carbonyl (C=O) groups excluding carboxylic acids is 1. The summed E-state index contributed by atoms with van der Waals surface area (Å²) in [6.07, 6.45) is 5.57. The number of carbonyl (C=O) groups is 1. The van der Waals surface area contributed by atoms with Crippen LogP contribution in [0.15, 0.2) is 11.6 Å². The van der Waals surface area contributed by atoms with Gasteiger partial charge in [-0.15, -0.1) is 0 Å². The van der Waals surface area contributed by atoms with Gasteiger partial charge >= 0.3 is 0 Å². The third kappa shape index (κ3) is 3.17. The molecule has 0 atom stereocenters. The molecule has 1 heterocycles. The lowest BCUT2D eigenvalue weighted by Crippen LogP contribution is -2.36. The molecule has 1 rings (SSSR count). The van der Waals surface area contributed by atoms with E-state index < -0.39 is 0 Å². The molecule has 0 aromatic heterocycles. The molecule has 0 aromatic rings. The van der Waals surface area contributed by atoms with Crippen molar-refractivity contribution in [2.45, 2.75) is 40.0 Å². The first-order valence-corrected chi connectivity index (χ1v) is 5.55. The predicted octanol–water partition coefficient (Wildman–Crippen LogP) is 2.60. The van der Waals surface area contributed by atoms with Crippen molar-refractivity contribution in [1.82, 2.24) is 4.90 Å². The van der Waals surface area contributed by atoms with E-state index in [4.69, 9.17) is 0 Å². The van der Waals surface area contributed by atoms with Gasteiger partial charge in [-0.3, -0.25) is 4.79 Å². The Kier molecular flexibility index (Phi) is 4.18. The molecule has 1 aliphatic heterocycles. The molecule has 0 bridgehead atoms. The summed E-state index contributed by atoms with van der Waals surface area (Å²) in [5.74, 6) is 0.443. The highest BCUT2D eigenvalue weighted by Gasteiger charge is 2.16. The van der Waals surface area contributed by atoms with Gasteiger partial charge in [0.05, 0.1) is 0 Å². The number of nitrogens with zero attached hydrogens (tertiary/aromatic N) is 1. The second-order valence-electron chi connectivity index (χ2n) is 4.42. The van der Waals surface area contributed by atoms with Crippen molar-refractivity contribution >= 4 is 5.91 Å². The first-order valence-electron chi connectivity index (χ1n) is 5.55. The molecule has 0 aromatic carbocycles. The smallest absolute Gasteiger partial charge is 0.225 e. The van der Waals surface area contributed by atoms with Crippen molar-refractivity contribution in [3.05, 3.63) is 11.6 Å². The summed E-state index contributed by atoms with van der Waals surface area (Å²) in [4.78, 5) is 13.8. The highest BCUT2D eigenvalue weighted by atomic mass is 16.2. The predicted molar refractivity (Wildman–Crippen MR) is 59.0 cm³/mol. The zero-order chi connectivity index (χ0) is 10.6. The minimum atomic E-state index is 0.138. The molecule has 1 amide bonds. The Bertz CT molecular complexity index is 230. The number of amides is 1. The molecular weight excluding hydrogens is 174 g/mol. The maximum atomic E-state index is 11.8. The quantitative estimate of drug-likeness (QED) is 0.589. The van der Waals surface area contributed by atoms with Crippen LogP contribution in [0.5, 0.6) is 0 Å². The number of allylic oxidation sites excluding steroid dienone is 1. The van der Waals surface area contributed by atoms with Gasteiger partial charge < -0.3 is 4.90 Å². The van der Waals surface area contributed by atoms with Gasteiger partial charge in [-0.05, 0) is 26.2 Å².